The molecule has 0 atom stereocenters. The van der Waals surface area contributed by atoms with Gasteiger partial charge in [0.05, 0.1) is 39.4 Å². The summed E-state index contributed by atoms with van der Waals surface area (Å²) < 4.78 is 3.34. The van der Waals surface area contributed by atoms with Gasteiger partial charge in [-0.2, -0.15) is 5.10 Å². The first-order chi connectivity index (χ1) is 15.3. The second-order valence-electron chi connectivity index (χ2n) is 7.85. The van der Waals surface area contributed by atoms with Crippen LogP contribution in [-0.4, -0.2) is 31.0 Å². The van der Waals surface area contributed by atoms with E-state index < -0.39 is 0 Å². The number of aryl methyl sites for hydroxylation is 4. The Kier molecular flexibility index (Phi) is 5.88. The smallest absolute Gasteiger partial charge is 0.266 e. The van der Waals surface area contributed by atoms with Crippen LogP contribution >= 0.6 is 11.8 Å². The van der Waals surface area contributed by atoms with Crippen molar-refractivity contribution >= 4 is 34.3 Å². The van der Waals surface area contributed by atoms with Gasteiger partial charge in [0.25, 0.3) is 5.56 Å². The Morgan fingerprint density at radius 3 is 2.53 bits per heavy atom. The Bertz CT molecular complexity index is 1400. The molecule has 0 fully saturated rings. The van der Waals surface area contributed by atoms with E-state index >= 15 is 0 Å². The van der Waals surface area contributed by atoms with Crippen LogP contribution in [0.2, 0.25) is 0 Å². The van der Waals surface area contributed by atoms with Gasteiger partial charge in [-0.15, -0.1) is 0 Å². The topological polar surface area (TPSA) is 81.8 Å². The number of hydrogen-bond acceptors (Lipinski definition) is 5. The maximum absolute atomic E-state index is 13.4. The van der Waals surface area contributed by atoms with Crippen molar-refractivity contribution in [2.45, 2.75) is 32.9 Å². The molecule has 0 unspecified atom stereocenters. The number of fused-ring (bicyclic) bond motifs is 1. The molecular weight excluding hydrogens is 422 g/mol. The van der Waals surface area contributed by atoms with E-state index in [1.807, 2.05) is 71.1 Å². The third-order valence-corrected chi connectivity index (χ3v) is 6.38. The summed E-state index contributed by atoms with van der Waals surface area (Å²) >= 11 is 1.24. The molecule has 0 saturated heterocycles. The Labute approximate surface area is 190 Å². The first-order valence-electron chi connectivity index (χ1n) is 10.3. The minimum absolute atomic E-state index is 0.115. The summed E-state index contributed by atoms with van der Waals surface area (Å²) in [5.74, 6) is -0.0625. The average Bonchev–Trinajstić information content (AvgIpc) is 2.99. The first-order valence-corrected chi connectivity index (χ1v) is 11.3. The molecule has 164 valence electrons. The molecule has 0 aliphatic carbocycles. The summed E-state index contributed by atoms with van der Waals surface area (Å²) in [5, 5.41) is 8.30. The molecule has 1 amide bonds. The largest absolute Gasteiger partial charge is 0.322 e. The van der Waals surface area contributed by atoms with E-state index in [0.717, 1.165) is 33.9 Å². The standard InChI is InChI=1S/C24H25N5O2S/c1-14-10-11-20(15(2)12-14)29-23(31)18-8-6-7-9-19(18)25-24(29)32-13-21(30)26-22-16(3)27-28(5)17(22)4/h6-12H,13H2,1-5H3,(H,26,30). The number of nitrogens with zero attached hydrogens (tertiary/aromatic N) is 4. The number of rotatable bonds is 5. The van der Waals surface area contributed by atoms with E-state index in [0.29, 0.717) is 16.1 Å². The fourth-order valence-corrected chi connectivity index (χ4v) is 4.54. The van der Waals surface area contributed by atoms with Crippen molar-refractivity contribution in [3.05, 3.63) is 75.3 Å². The summed E-state index contributed by atoms with van der Waals surface area (Å²) in [6, 6.07) is 13.2. The van der Waals surface area contributed by atoms with Crippen molar-refractivity contribution < 1.29 is 4.79 Å². The van der Waals surface area contributed by atoms with Crippen molar-refractivity contribution in [3.63, 3.8) is 0 Å². The van der Waals surface area contributed by atoms with Crippen molar-refractivity contribution in [1.29, 1.82) is 0 Å². The molecule has 0 saturated carbocycles. The minimum Gasteiger partial charge on any atom is -0.322 e. The zero-order chi connectivity index (χ0) is 23.0. The quantitative estimate of drug-likeness (QED) is 0.368. The Hall–Kier alpha value is -3.39. The Balaban J connectivity index is 1.71. The zero-order valence-corrected chi connectivity index (χ0v) is 19.6. The third-order valence-electron chi connectivity index (χ3n) is 5.44. The summed E-state index contributed by atoms with van der Waals surface area (Å²) in [7, 11) is 1.84. The fourth-order valence-electron chi connectivity index (χ4n) is 3.74. The number of para-hydroxylation sites is 1. The van der Waals surface area contributed by atoms with Gasteiger partial charge in [-0.05, 0) is 51.5 Å². The number of carbonyl (C=O) groups is 1. The van der Waals surface area contributed by atoms with Crippen LogP contribution in [0.5, 0.6) is 0 Å². The second-order valence-corrected chi connectivity index (χ2v) is 8.79. The SMILES string of the molecule is Cc1ccc(-n2c(SCC(=O)Nc3c(C)nn(C)c3C)nc3ccccc3c2=O)c(C)c1. The van der Waals surface area contributed by atoms with Gasteiger partial charge in [-0.1, -0.05) is 41.6 Å². The molecule has 0 aliphatic rings. The number of carbonyl (C=O) groups excluding carboxylic acids is 1. The zero-order valence-electron chi connectivity index (χ0n) is 18.8. The van der Waals surface area contributed by atoms with E-state index in [1.165, 1.54) is 11.8 Å². The highest BCUT2D eigenvalue weighted by Crippen LogP contribution is 2.25. The predicted molar refractivity (Wildman–Crippen MR) is 129 cm³/mol. The van der Waals surface area contributed by atoms with Gasteiger partial charge in [0.1, 0.15) is 0 Å². The molecule has 0 radical (unpaired) electrons. The molecule has 32 heavy (non-hydrogen) atoms. The van der Waals surface area contributed by atoms with Gasteiger partial charge in [0.15, 0.2) is 5.16 Å². The van der Waals surface area contributed by atoms with Crippen LogP contribution in [0.4, 0.5) is 5.69 Å². The number of anilines is 1. The summed E-state index contributed by atoms with van der Waals surface area (Å²) in [6.07, 6.45) is 0. The molecule has 0 aliphatic heterocycles. The van der Waals surface area contributed by atoms with Gasteiger partial charge in [-0.25, -0.2) is 4.98 Å². The van der Waals surface area contributed by atoms with Gasteiger partial charge in [0, 0.05) is 7.05 Å². The molecule has 0 bridgehead atoms. The second kappa shape index (κ2) is 8.63. The Morgan fingerprint density at radius 1 is 1.09 bits per heavy atom. The van der Waals surface area contributed by atoms with Crippen molar-refractivity contribution in [3.8, 4) is 5.69 Å². The van der Waals surface area contributed by atoms with Crippen LogP contribution in [0.25, 0.3) is 16.6 Å². The summed E-state index contributed by atoms with van der Waals surface area (Å²) in [5.41, 5.74) is 5.68. The maximum atomic E-state index is 13.4. The first kappa shape index (κ1) is 21.8. The van der Waals surface area contributed by atoms with Crippen molar-refractivity contribution in [2.75, 3.05) is 11.1 Å². The van der Waals surface area contributed by atoms with Crippen molar-refractivity contribution in [2.24, 2.45) is 7.05 Å². The van der Waals surface area contributed by atoms with Crippen LogP contribution in [0, 0.1) is 27.7 Å². The monoisotopic (exact) mass is 447 g/mol. The molecule has 8 heteroatoms. The highest BCUT2D eigenvalue weighted by atomic mass is 32.2. The number of aromatic nitrogens is 4. The number of amides is 1. The highest BCUT2D eigenvalue weighted by molar-refractivity contribution is 7.99. The number of nitrogens with one attached hydrogen (secondary N) is 1. The maximum Gasteiger partial charge on any atom is 0.266 e. The summed E-state index contributed by atoms with van der Waals surface area (Å²) in [4.78, 5) is 30.9. The number of thioether (sulfide) groups is 1. The molecular formula is C24H25N5O2S. The van der Waals surface area contributed by atoms with Crippen molar-refractivity contribution in [1.82, 2.24) is 19.3 Å². The lowest BCUT2D eigenvalue weighted by molar-refractivity contribution is -0.113. The highest BCUT2D eigenvalue weighted by Gasteiger charge is 2.17. The van der Waals surface area contributed by atoms with Crippen LogP contribution in [0.15, 0.2) is 52.4 Å². The lowest BCUT2D eigenvalue weighted by Crippen LogP contribution is -2.23. The lowest BCUT2D eigenvalue weighted by atomic mass is 10.1. The molecule has 7 nitrogen and oxygen atoms in total. The van der Waals surface area contributed by atoms with E-state index in [9.17, 15) is 9.59 Å². The molecule has 4 aromatic rings. The van der Waals surface area contributed by atoms with Crippen LogP contribution in [0.3, 0.4) is 0 Å². The van der Waals surface area contributed by atoms with Gasteiger partial charge in [0.2, 0.25) is 5.91 Å². The molecule has 0 spiro atoms. The van der Waals surface area contributed by atoms with Gasteiger partial charge >= 0.3 is 0 Å². The molecule has 2 aromatic heterocycles. The van der Waals surface area contributed by atoms with E-state index in [2.05, 4.69) is 10.4 Å². The average molecular weight is 448 g/mol. The molecule has 2 aromatic carbocycles. The van der Waals surface area contributed by atoms with E-state index in [4.69, 9.17) is 4.98 Å². The molecule has 4 rings (SSSR count). The van der Waals surface area contributed by atoms with E-state index in [-0.39, 0.29) is 17.2 Å². The van der Waals surface area contributed by atoms with Crippen LogP contribution < -0.4 is 10.9 Å². The minimum atomic E-state index is -0.177. The van der Waals surface area contributed by atoms with E-state index in [1.54, 1.807) is 15.3 Å². The lowest BCUT2D eigenvalue weighted by Gasteiger charge is -2.15. The van der Waals surface area contributed by atoms with Gasteiger partial charge in [-0.3, -0.25) is 18.8 Å². The fraction of sp³-hybridized carbons (Fsp3) is 0.250. The third kappa shape index (κ3) is 4.05. The normalized spacial score (nSPS) is 11.2. The van der Waals surface area contributed by atoms with Crippen LogP contribution in [0.1, 0.15) is 22.5 Å². The molecule has 2 heterocycles. The van der Waals surface area contributed by atoms with Crippen LogP contribution in [-0.2, 0) is 11.8 Å². The number of benzene rings is 2. The number of hydrogen-bond donors (Lipinski definition) is 1. The summed E-state index contributed by atoms with van der Waals surface area (Å²) in [6.45, 7) is 7.75. The predicted octanol–water partition coefficient (Wildman–Crippen LogP) is 4.08. The molecule has 1 N–H and O–H groups in total. The Morgan fingerprint density at radius 2 is 1.84 bits per heavy atom. The van der Waals surface area contributed by atoms with Gasteiger partial charge < -0.3 is 5.32 Å².